The molecule has 2 aromatic carbocycles. The minimum Gasteiger partial charge on any atom is -0.0520 e. The van der Waals surface area contributed by atoms with Crippen LogP contribution in [0.25, 0.3) is 11.1 Å². The van der Waals surface area contributed by atoms with Crippen molar-refractivity contribution in [1.29, 1.82) is 0 Å². The Hall–Kier alpha value is 1.32. The minimum absolute atomic E-state index is 0.996. The van der Waals surface area contributed by atoms with Crippen LogP contribution < -0.4 is 0 Å². The largest absolute Gasteiger partial charge is 0.0520 e. The van der Waals surface area contributed by atoms with Crippen LogP contribution in [-0.2, 0) is 0 Å². The normalized spacial score (nSPS) is 10.8. The van der Waals surface area contributed by atoms with Crippen LogP contribution >= 0.6 is 95.6 Å². The van der Waals surface area contributed by atoms with Crippen molar-refractivity contribution in [1.82, 2.24) is 0 Å². The van der Waals surface area contributed by atoms with E-state index >= 15 is 0 Å². The van der Waals surface area contributed by atoms with E-state index in [0.717, 1.165) is 38.0 Å². The van der Waals surface area contributed by atoms with Crippen LogP contribution in [-0.4, -0.2) is 0 Å². The van der Waals surface area contributed by atoms with Crippen LogP contribution in [0.2, 0.25) is 0 Å². The van der Waals surface area contributed by atoms with Crippen molar-refractivity contribution in [2.75, 3.05) is 0 Å². The lowest BCUT2D eigenvalue weighted by molar-refractivity contribution is 1.46. The molecule has 0 aliphatic carbocycles. The molecule has 0 radical (unpaired) electrons. The molecule has 0 nitrogen and oxygen atoms in total. The maximum Gasteiger partial charge on any atom is 0.0466 e. The fourth-order valence-corrected chi connectivity index (χ4v) is 5.61. The Balaban J connectivity index is 2.75. The van der Waals surface area contributed by atoms with Gasteiger partial charge in [0.05, 0.1) is 0 Å². The fourth-order valence-electron chi connectivity index (χ4n) is 1.51. The average Bonchev–Trinajstić information content (AvgIpc) is 2.29. The molecule has 0 amide bonds. The topological polar surface area (TPSA) is 0 Å². The maximum absolute atomic E-state index is 3.63. The van der Waals surface area contributed by atoms with Gasteiger partial charge in [-0.15, -0.1) is 0 Å². The molecule has 2 aromatic rings. The van der Waals surface area contributed by atoms with E-state index in [9.17, 15) is 0 Å². The SMILES string of the molecule is Brc1ccc(-c2c(Br)cc(Br)c(Br)c2Br)c(Br)c1. The molecular formula is C12H4Br6. The molecule has 0 N–H and O–H groups in total. The lowest BCUT2D eigenvalue weighted by Gasteiger charge is -2.13. The van der Waals surface area contributed by atoms with Gasteiger partial charge in [0.15, 0.2) is 0 Å². The molecule has 0 saturated carbocycles. The Kier molecular flexibility index (Phi) is 5.58. The molecule has 18 heavy (non-hydrogen) atoms. The second kappa shape index (κ2) is 6.39. The predicted molar refractivity (Wildman–Crippen MR) is 98.1 cm³/mol. The molecule has 0 aromatic heterocycles. The van der Waals surface area contributed by atoms with Crippen LogP contribution in [0.5, 0.6) is 0 Å². The van der Waals surface area contributed by atoms with Gasteiger partial charge in [0.1, 0.15) is 0 Å². The zero-order valence-corrected chi connectivity index (χ0v) is 18.1. The van der Waals surface area contributed by atoms with E-state index in [0.29, 0.717) is 0 Å². The van der Waals surface area contributed by atoms with E-state index in [2.05, 4.69) is 102 Å². The smallest absolute Gasteiger partial charge is 0.0466 e. The predicted octanol–water partition coefficient (Wildman–Crippen LogP) is 7.93. The highest BCUT2D eigenvalue weighted by molar-refractivity contribution is 9.14. The first kappa shape index (κ1) is 15.7. The summed E-state index contributed by atoms with van der Waals surface area (Å²) in [5.41, 5.74) is 2.22. The summed E-state index contributed by atoms with van der Waals surface area (Å²) in [5, 5.41) is 0. The van der Waals surface area contributed by atoms with Gasteiger partial charge < -0.3 is 0 Å². The van der Waals surface area contributed by atoms with Gasteiger partial charge in [-0.05, 0) is 71.6 Å². The Labute approximate surface area is 156 Å². The van der Waals surface area contributed by atoms with Crippen molar-refractivity contribution < 1.29 is 0 Å². The van der Waals surface area contributed by atoms with E-state index in [4.69, 9.17) is 0 Å². The molecule has 0 saturated heterocycles. The number of halogens is 6. The van der Waals surface area contributed by atoms with Gasteiger partial charge in [-0.3, -0.25) is 0 Å². The Morgan fingerprint density at radius 2 is 1.28 bits per heavy atom. The van der Waals surface area contributed by atoms with Crippen molar-refractivity contribution >= 4 is 95.6 Å². The average molecular weight is 628 g/mol. The zero-order chi connectivity index (χ0) is 13.4. The Morgan fingerprint density at radius 1 is 0.611 bits per heavy atom. The standard InChI is InChI=1S/C12H4Br6/c13-5-1-2-6(7(14)3-5)10-8(15)4-9(16)11(17)12(10)18/h1-4H. The van der Waals surface area contributed by atoms with E-state index in [1.165, 1.54) is 0 Å². The van der Waals surface area contributed by atoms with E-state index in [1.807, 2.05) is 18.2 Å². The second-order valence-electron chi connectivity index (χ2n) is 3.47. The molecule has 0 bridgehead atoms. The van der Waals surface area contributed by atoms with Gasteiger partial charge in [0, 0.05) is 32.4 Å². The highest BCUT2D eigenvalue weighted by atomic mass is 79.9. The lowest BCUT2D eigenvalue weighted by atomic mass is 10.1. The summed E-state index contributed by atoms with van der Waals surface area (Å²) in [6.45, 7) is 0. The van der Waals surface area contributed by atoms with Crippen LogP contribution in [0, 0.1) is 0 Å². The minimum atomic E-state index is 0.996. The third-order valence-electron chi connectivity index (χ3n) is 2.31. The molecule has 0 aliphatic rings. The first-order chi connectivity index (χ1) is 8.41. The zero-order valence-electron chi connectivity index (χ0n) is 8.58. The maximum atomic E-state index is 3.63. The molecule has 0 spiro atoms. The number of hydrogen-bond acceptors (Lipinski definition) is 0. The quantitative estimate of drug-likeness (QED) is 0.223. The van der Waals surface area contributed by atoms with E-state index in [1.54, 1.807) is 0 Å². The van der Waals surface area contributed by atoms with Crippen molar-refractivity contribution in [3.8, 4) is 11.1 Å². The van der Waals surface area contributed by atoms with Crippen molar-refractivity contribution in [3.05, 3.63) is 51.1 Å². The molecule has 0 aliphatic heterocycles. The Morgan fingerprint density at radius 3 is 1.89 bits per heavy atom. The molecule has 0 unspecified atom stereocenters. The highest BCUT2D eigenvalue weighted by Gasteiger charge is 2.16. The summed E-state index contributed by atoms with van der Waals surface area (Å²) in [4.78, 5) is 0. The highest BCUT2D eigenvalue weighted by Crippen LogP contribution is 2.45. The third kappa shape index (κ3) is 3.14. The summed E-state index contributed by atoms with van der Waals surface area (Å²) < 4.78 is 6.10. The van der Waals surface area contributed by atoms with Crippen molar-refractivity contribution in [2.24, 2.45) is 0 Å². The fraction of sp³-hybridized carbons (Fsp3) is 0. The molecule has 6 heteroatoms. The summed E-state index contributed by atoms with van der Waals surface area (Å²) in [6.07, 6.45) is 0. The van der Waals surface area contributed by atoms with Crippen LogP contribution in [0.4, 0.5) is 0 Å². The van der Waals surface area contributed by atoms with Gasteiger partial charge in [-0.1, -0.05) is 53.9 Å². The molecule has 2 rings (SSSR count). The van der Waals surface area contributed by atoms with Gasteiger partial charge in [0.25, 0.3) is 0 Å². The second-order valence-corrected chi connectivity index (χ2v) is 8.53. The van der Waals surface area contributed by atoms with E-state index in [-0.39, 0.29) is 0 Å². The monoisotopic (exact) mass is 622 g/mol. The number of rotatable bonds is 1. The first-order valence-corrected chi connectivity index (χ1v) is 9.46. The summed E-state index contributed by atoms with van der Waals surface area (Å²) in [6, 6.07) is 8.15. The molecular weight excluding hydrogens is 624 g/mol. The van der Waals surface area contributed by atoms with E-state index < -0.39 is 0 Å². The van der Waals surface area contributed by atoms with Crippen molar-refractivity contribution in [3.63, 3.8) is 0 Å². The summed E-state index contributed by atoms with van der Waals surface area (Å²) in [5.74, 6) is 0. The van der Waals surface area contributed by atoms with Crippen LogP contribution in [0.15, 0.2) is 51.1 Å². The van der Waals surface area contributed by atoms with Crippen LogP contribution in [0.3, 0.4) is 0 Å². The first-order valence-electron chi connectivity index (χ1n) is 4.70. The van der Waals surface area contributed by atoms with Gasteiger partial charge in [-0.2, -0.15) is 0 Å². The number of benzene rings is 2. The Bertz CT molecular complexity index is 620. The molecule has 94 valence electrons. The summed E-state index contributed by atoms with van der Waals surface area (Å²) >= 11 is 21.4. The van der Waals surface area contributed by atoms with Gasteiger partial charge >= 0.3 is 0 Å². The molecule has 0 heterocycles. The summed E-state index contributed by atoms with van der Waals surface area (Å²) in [7, 11) is 0. The van der Waals surface area contributed by atoms with Gasteiger partial charge in [-0.25, -0.2) is 0 Å². The molecule has 0 fully saturated rings. The third-order valence-corrected chi connectivity index (χ3v) is 7.40. The van der Waals surface area contributed by atoms with Gasteiger partial charge in [0.2, 0.25) is 0 Å². The van der Waals surface area contributed by atoms with Crippen molar-refractivity contribution in [2.45, 2.75) is 0 Å². The molecule has 0 atom stereocenters. The lowest BCUT2D eigenvalue weighted by Crippen LogP contribution is -1.87. The number of hydrogen-bond donors (Lipinski definition) is 0. The van der Waals surface area contributed by atoms with Crippen LogP contribution in [0.1, 0.15) is 0 Å².